The van der Waals surface area contributed by atoms with Crippen molar-refractivity contribution in [3.63, 3.8) is 0 Å². The van der Waals surface area contributed by atoms with E-state index in [1.807, 2.05) is 6.07 Å². The highest BCUT2D eigenvalue weighted by atomic mass is 32.2. The number of rotatable bonds is 3. The molecule has 7 heteroatoms. The molecule has 0 bridgehead atoms. The van der Waals surface area contributed by atoms with Crippen LogP contribution in [0.15, 0.2) is 53.5 Å². The summed E-state index contributed by atoms with van der Waals surface area (Å²) < 4.78 is 19.7. The van der Waals surface area contributed by atoms with Crippen LogP contribution in [0.4, 0.5) is 4.39 Å². The molecule has 134 valence electrons. The Labute approximate surface area is 154 Å². The van der Waals surface area contributed by atoms with E-state index in [0.717, 1.165) is 0 Å². The topological polar surface area (TPSA) is 70.9 Å². The molecule has 0 aromatic heterocycles. The van der Waals surface area contributed by atoms with Gasteiger partial charge in [0, 0.05) is 16.9 Å². The van der Waals surface area contributed by atoms with Crippen LogP contribution in [0.2, 0.25) is 0 Å². The number of hydrogen-bond donors (Lipinski definition) is 2. The van der Waals surface area contributed by atoms with Crippen molar-refractivity contribution in [1.82, 2.24) is 5.32 Å². The summed E-state index contributed by atoms with van der Waals surface area (Å²) in [5.74, 6) is 0.845. The Balaban J connectivity index is 1.52. The lowest BCUT2D eigenvalue weighted by Gasteiger charge is -2.30. The smallest absolute Gasteiger partial charge is 0.246 e. The van der Waals surface area contributed by atoms with Gasteiger partial charge in [-0.25, -0.2) is 4.39 Å². The molecule has 0 fully saturated rings. The van der Waals surface area contributed by atoms with Crippen molar-refractivity contribution in [3.8, 4) is 11.5 Å². The predicted octanol–water partition coefficient (Wildman–Crippen LogP) is 2.84. The fraction of sp³-hybridized carbons (Fsp3) is 0.263. The number of carbonyl (C=O) groups is 1. The maximum absolute atomic E-state index is 14.4. The molecule has 2 N–H and O–H groups in total. The molecule has 2 aromatic carbocycles. The van der Waals surface area contributed by atoms with Gasteiger partial charge in [-0.15, -0.1) is 11.8 Å². The van der Waals surface area contributed by atoms with Gasteiger partial charge in [0.1, 0.15) is 29.2 Å². The summed E-state index contributed by atoms with van der Waals surface area (Å²) in [6, 6.07) is 12.6. The largest absolute Gasteiger partial charge is 0.507 e. The molecule has 0 spiro atoms. The summed E-state index contributed by atoms with van der Waals surface area (Å²) in [5, 5.41) is 13.3. The number of aliphatic imine (C=N–C) groups is 1. The first-order valence-corrected chi connectivity index (χ1v) is 9.27. The Morgan fingerprint density at radius 3 is 2.85 bits per heavy atom. The SMILES string of the molecule is O=C(NC1c2ccccc2OCC1F)C1CSC(c2ccccc2O)=N1. The minimum absolute atomic E-state index is 0.0895. The lowest BCUT2D eigenvalue weighted by Crippen LogP contribution is -2.43. The van der Waals surface area contributed by atoms with E-state index in [1.165, 1.54) is 11.8 Å². The molecule has 5 nitrogen and oxygen atoms in total. The highest BCUT2D eigenvalue weighted by Gasteiger charge is 2.35. The summed E-state index contributed by atoms with van der Waals surface area (Å²) in [7, 11) is 0. The summed E-state index contributed by atoms with van der Waals surface area (Å²) in [4.78, 5) is 17.0. The molecule has 3 atom stereocenters. The first kappa shape index (κ1) is 16.9. The summed E-state index contributed by atoms with van der Waals surface area (Å²) >= 11 is 1.41. The van der Waals surface area contributed by atoms with Gasteiger partial charge in [-0.2, -0.15) is 0 Å². The Morgan fingerprint density at radius 2 is 2.00 bits per heavy atom. The number of aromatic hydroxyl groups is 1. The number of phenols is 1. The van der Waals surface area contributed by atoms with Crippen LogP contribution in [-0.2, 0) is 4.79 Å². The van der Waals surface area contributed by atoms with Crippen molar-refractivity contribution in [1.29, 1.82) is 0 Å². The van der Waals surface area contributed by atoms with E-state index >= 15 is 0 Å². The van der Waals surface area contributed by atoms with E-state index in [4.69, 9.17) is 4.74 Å². The van der Waals surface area contributed by atoms with E-state index in [1.54, 1.807) is 42.5 Å². The van der Waals surface area contributed by atoms with E-state index in [0.29, 0.717) is 27.7 Å². The summed E-state index contributed by atoms with van der Waals surface area (Å²) in [6.07, 6.45) is -1.32. The standard InChI is InChI=1S/C19H17FN2O3S/c20-13-9-25-16-8-4-2-6-12(16)17(13)22-18(24)14-10-26-19(21-14)11-5-1-3-7-15(11)23/h1-8,13-14,17,23H,9-10H2,(H,22,24). The third-order valence-corrected chi connectivity index (χ3v) is 5.48. The van der Waals surface area contributed by atoms with Gasteiger partial charge in [0.25, 0.3) is 0 Å². The van der Waals surface area contributed by atoms with Gasteiger partial charge in [-0.05, 0) is 18.2 Å². The molecule has 2 aliphatic rings. The monoisotopic (exact) mass is 372 g/mol. The number of carbonyl (C=O) groups excluding carboxylic acids is 1. The summed E-state index contributed by atoms with van der Waals surface area (Å²) in [6.45, 7) is -0.0895. The van der Waals surface area contributed by atoms with Crippen molar-refractivity contribution in [2.24, 2.45) is 4.99 Å². The van der Waals surface area contributed by atoms with Crippen molar-refractivity contribution in [3.05, 3.63) is 59.7 Å². The lowest BCUT2D eigenvalue weighted by atomic mass is 9.99. The minimum Gasteiger partial charge on any atom is -0.507 e. The van der Waals surface area contributed by atoms with Crippen molar-refractivity contribution < 1.29 is 19.0 Å². The van der Waals surface area contributed by atoms with Gasteiger partial charge in [-0.1, -0.05) is 30.3 Å². The van der Waals surface area contributed by atoms with Crippen molar-refractivity contribution in [2.75, 3.05) is 12.4 Å². The number of nitrogens with zero attached hydrogens (tertiary/aromatic N) is 1. The van der Waals surface area contributed by atoms with Gasteiger partial charge in [-0.3, -0.25) is 9.79 Å². The maximum Gasteiger partial charge on any atom is 0.246 e. The quantitative estimate of drug-likeness (QED) is 0.869. The second-order valence-corrected chi connectivity index (χ2v) is 7.14. The zero-order valence-electron chi connectivity index (χ0n) is 13.8. The Morgan fingerprint density at radius 1 is 1.23 bits per heavy atom. The Kier molecular flexibility index (Phi) is 4.55. The number of para-hydroxylation sites is 2. The van der Waals surface area contributed by atoms with Crippen LogP contribution in [0.25, 0.3) is 0 Å². The molecule has 0 saturated carbocycles. The van der Waals surface area contributed by atoms with Crippen LogP contribution < -0.4 is 10.1 Å². The minimum atomic E-state index is -1.32. The number of alkyl halides is 1. The van der Waals surface area contributed by atoms with Crippen LogP contribution in [0, 0.1) is 0 Å². The summed E-state index contributed by atoms with van der Waals surface area (Å²) in [5.41, 5.74) is 1.24. The fourth-order valence-corrected chi connectivity index (χ4v) is 4.13. The molecule has 0 saturated heterocycles. The maximum atomic E-state index is 14.4. The van der Waals surface area contributed by atoms with Gasteiger partial charge >= 0.3 is 0 Å². The molecule has 4 rings (SSSR count). The molecule has 2 aliphatic heterocycles. The molecule has 3 unspecified atom stereocenters. The van der Waals surface area contributed by atoms with Crippen LogP contribution in [-0.4, -0.2) is 40.6 Å². The first-order chi connectivity index (χ1) is 12.6. The number of nitrogens with one attached hydrogen (secondary N) is 1. The van der Waals surface area contributed by atoms with E-state index in [-0.39, 0.29) is 18.3 Å². The number of ether oxygens (including phenoxy) is 1. The zero-order valence-corrected chi connectivity index (χ0v) is 14.6. The average molecular weight is 372 g/mol. The van der Waals surface area contributed by atoms with Crippen LogP contribution in [0.5, 0.6) is 11.5 Å². The number of hydrogen-bond acceptors (Lipinski definition) is 5. The fourth-order valence-electron chi connectivity index (χ4n) is 3.06. The van der Waals surface area contributed by atoms with Crippen molar-refractivity contribution >= 4 is 22.7 Å². The van der Waals surface area contributed by atoms with Gasteiger partial charge in [0.15, 0.2) is 6.17 Å². The van der Waals surface area contributed by atoms with Crippen LogP contribution >= 0.6 is 11.8 Å². The van der Waals surface area contributed by atoms with Crippen molar-refractivity contribution in [2.45, 2.75) is 18.3 Å². The Bertz CT molecular complexity index is 873. The average Bonchev–Trinajstić information content (AvgIpc) is 3.14. The number of phenolic OH excluding ortho intramolecular Hbond substituents is 1. The molecular weight excluding hydrogens is 355 g/mol. The highest BCUT2D eigenvalue weighted by molar-refractivity contribution is 8.14. The van der Waals surface area contributed by atoms with E-state index in [9.17, 15) is 14.3 Å². The second kappa shape index (κ2) is 6.99. The number of halogens is 1. The third-order valence-electron chi connectivity index (χ3n) is 4.40. The predicted molar refractivity (Wildman–Crippen MR) is 98.6 cm³/mol. The van der Waals surface area contributed by atoms with E-state index < -0.39 is 18.3 Å². The molecule has 0 radical (unpaired) electrons. The molecule has 0 aliphatic carbocycles. The number of benzene rings is 2. The highest BCUT2D eigenvalue weighted by Crippen LogP contribution is 2.34. The lowest BCUT2D eigenvalue weighted by molar-refractivity contribution is -0.123. The zero-order chi connectivity index (χ0) is 18.1. The normalized spacial score (nSPS) is 24.3. The van der Waals surface area contributed by atoms with Crippen LogP contribution in [0.3, 0.4) is 0 Å². The molecular formula is C19H17FN2O3S. The molecule has 26 heavy (non-hydrogen) atoms. The van der Waals surface area contributed by atoms with Gasteiger partial charge in [0.2, 0.25) is 5.91 Å². The number of fused-ring (bicyclic) bond motifs is 1. The molecule has 2 heterocycles. The second-order valence-electron chi connectivity index (χ2n) is 6.13. The van der Waals surface area contributed by atoms with Crippen LogP contribution in [0.1, 0.15) is 17.2 Å². The molecule has 1 amide bonds. The molecule has 2 aromatic rings. The first-order valence-electron chi connectivity index (χ1n) is 8.28. The Hall–Kier alpha value is -2.54. The third kappa shape index (κ3) is 3.14. The van der Waals surface area contributed by atoms with Gasteiger partial charge in [0.05, 0.1) is 6.04 Å². The number of amides is 1. The number of thioether (sulfide) groups is 1. The van der Waals surface area contributed by atoms with E-state index in [2.05, 4.69) is 10.3 Å². The van der Waals surface area contributed by atoms with Gasteiger partial charge < -0.3 is 15.2 Å².